The van der Waals surface area contributed by atoms with E-state index in [0.29, 0.717) is 12.8 Å². The topological polar surface area (TPSA) is 54.4 Å². The van der Waals surface area contributed by atoms with Gasteiger partial charge in [0, 0.05) is 0 Å². The first-order valence-electron chi connectivity index (χ1n) is 2.93. The highest BCUT2D eigenvalue weighted by Gasteiger charge is 2.18. The summed E-state index contributed by atoms with van der Waals surface area (Å²) in [6.07, 6.45) is 2.71. The van der Waals surface area contributed by atoms with Gasteiger partial charge in [0.15, 0.2) is 0 Å². The summed E-state index contributed by atoms with van der Waals surface area (Å²) < 4.78 is 0. The molecular formula is C7H6O3. The highest BCUT2D eigenvalue weighted by atomic mass is 16.4. The number of carboxylic acids is 1. The van der Waals surface area contributed by atoms with Crippen LogP contribution in [0.1, 0.15) is 12.8 Å². The van der Waals surface area contributed by atoms with E-state index in [4.69, 9.17) is 5.11 Å². The Morgan fingerprint density at radius 3 is 2.80 bits per heavy atom. The molecule has 0 atom stereocenters. The quantitative estimate of drug-likeness (QED) is 0.538. The van der Waals surface area contributed by atoms with E-state index in [-0.39, 0.29) is 11.1 Å². The van der Waals surface area contributed by atoms with Crippen molar-refractivity contribution in [1.29, 1.82) is 0 Å². The van der Waals surface area contributed by atoms with Gasteiger partial charge in [-0.2, -0.15) is 0 Å². The molecule has 0 saturated heterocycles. The number of carbonyl (C=O) groups is 1. The first kappa shape index (κ1) is 6.78. The van der Waals surface area contributed by atoms with Gasteiger partial charge >= 0.3 is 5.97 Å². The van der Waals surface area contributed by atoms with Crippen molar-refractivity contribution in [3.63, 3.8) is 0 Å². The number of rotatable bonds is 1. The Balaban J connectivity index is 2.96. The van der Waals surface area contributed by atoms with Crippen LogP contribution in [0.2, 0.25) is 0 Å². The SMILES string of the molecule is O=C=C1CCC=C1C(=O)O. The van der Waals surface area contributed by atoms with Gasteiger partial charge in [-0.15, -0.1) is 0 Å². The van der Waals surface area contributed by atoms with Crippen LogP contribution >= 0.6 is 0 Å². The molecule has 1 aliphatic rings. The molecule has 0 spiro atoms. The molecule has 0 heterocycles. The summed E-state index contributed by atoms with van der Waals surface area (Å²) in [6.45, 7) is 0. The molecule has 1 aliphatic carbocycles. The molecule has 3 heteroatoms. The molecule has 1 N–H and O–H groups in total. The maximum absolute atomic E-state index is 10.3. The van der Waals surface area contributed by atoms with Crippen LogP contribution in [0.5, 0.6) is 0 Å². The third-order valence-corrected chi connectivity index (χ3v) is 1.42. The van der Waals surface area contributed by atoms with Crippen molar-refractivity contribution in [1.82, 2.24) is 0 Å². The zero-order chi connectivity index (χ0) is 7.56. The summed E-state index contributed by atoms with van der Waals surface area (Å²) >= 11 is 0. The van der Waals surface area contributed by atoms with Crippen LogP contribution in [0.4, 0.5) is 0 Å². The average Bonchev–Trinajstić information content (AvgIpc) is 2.33. The van der Waals surface area contributed by atoms with Crippen molar-refractivity contribution in [2.24, 2.45) is 0 Å². The van der Waals surface area contributed by atoms with Gasteiger partial charge in [0.1, 0.15) is 5.94 Å². The fourth-order valence-corrected chi connectivity index (χ4v) is 0.941. The lowest BCUT2D eigenvalue weighted by Gasteiger charge is -1.90. The van der Waals surface area contributed by atoms with Gasteiger partial charge in [-0.1, -0.05) is 6.08 Å². The first-order valence-corrected chi connectivity index (χ1v) is 2.93. The summed E-state index contributed by atoms with van der Waals surface area (Å²) in [5.74, 6) is 0.581. The van der Waals surface area contributed by atoms with E-state index in [1.807, 2.05) is 0 Å². The average molecular weight is 138 g/mol. The summed E-state index contributed by atoms with van der Waals surface area (Å²) in [5.41, 5.74) is 0.405. The Bertz CT molecular complexity index is 244. The van der Waals surface area contributed by atoms with Crippen molar-refractivity contribution in [3.05, 3.63) is 17.2 Å². The van der Waals surface area contributed by atoms with Crippen LogP contribution in [0, 0.1) is 0 Å². The highest BCUT2D eigenvalue weighted by molar-refractivity contribution is 5.95. The minimum atomic E-state index is -1.03. The predicted molar refractivity (Wildman–Crippen MR) is 34.2 cm³/mol. The Morgan fingerprint density at radius 2 is 2.40 bits per heavy atom. The minimum absolute atomic E-state index is 0.120. The van der Waals surface area contributed by atoms with Crippen LogP contribution in [-0.4, -0.2) is 17.0 Å². The molecule has 1 rings (SSSR count). The molecule has 52 valence electrons. The Morgan fingerprint density at radius 1 is 1.70 bits per heavy atom. The smallest absolute Gasteiger partial charge is 0.336 e. The lowest BCUT2D eigenvalue weighted by Crippen LogP contribution is -1.99. The van der Waals surface area contributed by atoms with Gasteiger partial charge in [0.25, 0.3) is 0 Å². The van der Waals surface area contributed by atoms with E-state index in [2.05, 4.69) is 0 Å². The number of hydrogen-bond acceptors (Lipinski definition) is 2. The monoisotopic (exact) mass is 138 g/mol. The summed E-state index contributed by atoms with van der Waals surface area (Å²) in [6, 6.07) is 0. The Labute approximate surface area is 57.7 Å². The first-order chi connectivity index (χ1) is 4.75. The van der Waals surface area contributed by atoms with Crippen molar-refractivity contribution >= 4 is 11.9 Å². The van der Waals surface area contributed by atoms with Crippen LogP contribution < -0.4 is 0 Å². The van der Waals surface area contributed by atoms with Gasteiger partial charge in [-0.05, 0) is 12.8 Å². The third kappa shape index (κ3) is 0.993. The summed E-state index contributed by atoms with van der Waals surface area (Å²) in [5, 5.41) is 8.45. The number of hydrogen-bond donors (Lipinski definition) is 1. The molecule has 0 radical (unpaired) electrons. The van der Waals surface area contributed by atoms with Gasteiger partial charge in [0.05, 0.1) is 11.1 Å². The molecule has 0 fully saturated rings. The fraction of sp³-hybridized carbons (Fsp3) is 0.286. The van der Waals surface area contributed by atoms with Crippen molar-refractivity contribution < 1.29 is 14.7 Å². The van der Waals surface area contributed by atoms with E-state index in [0.717, 1.165) is 0 Å². The normalized spacial score (nSPS) is 16.4. The molecule has 0 aromatic rings. The van der Waals surface area contributed by atoms with E-state index in [9.17, 15) is 9.59 Å². The number of carboxylic acid groups (broad SMARTS) is 1. The third-order valence-electron chi connectivity index (χ3n) is 1.42. The van der Waals surface area contributed by atoms with E-state index < -0.39 is 5.97 Å². The van der Waals surface area contributed by atoms with Crippen LogP contribution in [0.25, 0.3) is 0 Å². The largest absolute Gasteiger partial charge is 0.478 e. The molecule has 0 aliphatic heterocycles. The lowest BCUT2D eigenvalue weighted by atomic mass is 10.1. The molecule has 0 aromatic heterocycles. The maximum Gasteiger partial charge on any atom is 0.336 e. The molecule has 10 heavy (non-hydrogen) atoms. The summed E-state index contributed by atoms with van der Waals surface area (Å²) in [4.78, 5) is 20.4. The second-order valence-corrected chi connectivity index (χ2v) is 2.04. The highest BCUT2D eigenvalue weighted by Crippen LogP contribution is 2.21. The Kier molecular flexibility index (Phi) is 1.69. The molecular weight excluding hydrogens is 132 g/mol. The van der Waals surface area contributed by atoms with Crippen molar-refractivity contribution in [2.75, 3.05) is 0 Å². The number of allylic oxidation sites excluding steroid dienone is 1. The number of aliphatic carboxylic acids is 1. The van der Waals surface area contributed by atoms with Crippen molar-refractivity contribution in [3.8, 4) is 0 Å². The molecule has 0 amide bonds. The standard InChI is InChI=1S/C7H6O3/c8-4-5-2-1-3-6(5)7(9)10/h3H,1-2H2,(H,9,10). The fourth-order valence-electron chi connectivity index (χ4n) is 0.941. The molecule has 0 bridgehead atoms. The molecule has 3 nitrogen and oxygen atoms in total. The van der Waals surface area contributed by atoms with Gasteiger partial charge < -0.3 is 5.11 Å². The summed E-state index contributed by atoms with van der Waals surface area (Å²) in [7, 11) is 0. The molecule has 0 aromatic carbocycles. The van der Waals surface area contributed by atoms with Gasteiger partial charge in [-0.25, -0.2) is 9.59 Å². The second-order valence-electron chi connectivity index (χ2n) is 2.04. The van der Waals surface area contributed by atoms with E-state index in [1.54, 1.807) is 12.0 Å². The van der Waals surface area contributed by atoms with Crippen molar-refractivity contribution in [2.45, 2.75) is 12.8 Å². The van der Waals surface area contributed by atoms with E-state index >= 15 is 0 Å². The van der Waals surface area contributed by atoms with Crippen LogP contribution in [0.3, 0.4) is 0 Å². The van der Waals surface area contributed by atoms with Crippen LogP contribution in [-0.2, 0) is 9.59 Å². The Hall–Kier alpha value is -1.34. The zero-order valence-corrected chi connectivity index (χ0v) is 5.26. The van der Waals surface area contributed by atoms with Gasteiger partial charge in [-0.3, -0.25) is 0 Å². The second kappa shape index (κ2) is 2.50. The minimum Gasteiger partial charge on any atom is -0.478 e. The molecule has 0 unspecified atom stereocenters. The van der Waals surface area contributed by atoms with Crippen LogP contribution in [0.15, 0.2) is 17.2 Å². The maximum atomic E-state index is 10.3. The zero-order valence-electron chi connectivity index (χ0n) is 5.26. The number of carbonyl (C=O) groups excluding carboxylic acids is 1. The predicted octanol–water partition coefficient (Wildman–Crippen LogP) is 0.549. The van der Waals surface area contributed by atoms with Gasteiger partial charge in [0.2, 0.25) is 0 Å². The van der Waals surface area contributed by atoms with E-state index in [1.165, 1.54) is 0 Å². The molecule has 0 saturated carbocycles. The lowest BCUT2D eigenvalue weighted by molar-refractivity contribution is -0.132.